The highest BCUT2D eigenvalue weighted by molar-refractivity contribution is 7.89. The molecule has 1 aromatic carbocycles. The topological polar surface area (TPSA) is 101 Å². The van der Waals surface area contributed by atoms with Gasteiger partial charge in [0.1, 0.15) is 0 Å². The molecule has 0 saturated carbocycles. The van der Waals surface area contributed by atoms with Crippen LogP contribution >= 0.6 is 0 Å². The van der Waals surface area contributed by atoms with Crippen LogP contribution in [0.25, 0.3) is 0 Å². The monoisotopic (exact) mass is 440 g/mol. The van der Waals surface area contributed by atoms with E-state index in [4.69, 9.17) is 9.47 Å². The standard InChI is InChI=1S/C21H36N4O4S/c1-21(2,3)25-30(26,27)19-9-6-5-8-18(19)14-24-20(22-4)23-11-7-12-28-15-17-10-13-29-16-17/h5-6,8-9,17,25H,7,10-16H2,1-4H3,(H2,22,23,24). The van der Waals surface area contributed by atoms with E-state index in [1.54, 1.807) is 25.2 Å². The molecule has 1 unspecified atom stereocenters. The van der Waals surface area contributed by atoms with E-state index in [1.807, 2.05) is 26.8 Å². The zero-order valence-corrected chi connectivity index (χ0v) is 19.3. The number of sulfonamides is 1. The quantitative estimate of drug-likeness (QED) is 0.292. The lowest BCUT2D eigenvalue weighted by molar-refractivity contribution is 0.0888. The molecule has 1 aliphatic rings. The van der Waals surface area contributed by atoms with Crippen molar-refractivity contribution in [2.75, 3.05) is 40.0 Å². The lowest BCUT2D eigenvalue weighted by atomic mass is 10.1. The Balaban J connectivity index is 1.79. The fourth-order valence-electron chi connectivity index (χ4n) is 3.12. The Bertz CT molecular complexity index is 784. The first-order valence-corrected chi connectivity index (χ1v) is 11.9. The third kappa shape index (κ3) is 8.59. The molecular weight excluding hydrogens is 404 g/mol. The number of nitrogens with zero attached hydrogens (tertiary/aromatic N) is 1. The van der Waals surface area contributed by atoms with Crippen LogP contribution in [-0.4, -0.2) is 59.9 Å². The molecule has 1 heterocycles. The second kappa shape index (κ2) is 11.6. The molecule has 1 fully saturated rings. The zero-order chi connectivity index (χ0) is 22.0. The third-order valence-corrected chi connectivity index (χ3v) is 6.37. The lowest BCUT2D eigenvalue weighted by Gasteiger charge is -2.22. The molecule has 1 saturated heterocycles. The third-order valence-electron chi connectivity index (χ3n) is 4.51. The van der Waals surface area contributed by atoms with Gasteiger partial charge in [-0.3, -0.25) is 4.99 Å². The average Bonchev–Trinajstić information content (AvgIpc) is 3.18. The molecular formula is C21H36N4O4S. The molecule has 9 heteroatoms. The molecule has 1 aromatic rings. The molecule has 1 aliphatic heterocycles. The number of hydrogen-bond acceptors (Lipinski definition) is 5. The minimum Gasteiger partial charge on any atom is -0.381 e. The van der Waals surface area contributed by atoms with Gasteiger partial charge < -0.3 is 20.1 Å². The van der Waals surface area contributed by atoms with Crippen LogP contribution in [0.5, 0.6) is 0 Å². The van der Waals surface area contributed by atoms with Crippen LogP contribution in [0.4, 0.5) is 0 Å². The molecule has 170 valence electrons. The Hall–Kier alpha value is -1.68. The number of rotatable bonds is 10. The lowest BCUT2D eigenvalue weighted by Crippen LogP contribution is -2.41. The predicted molar refractivity (Wildman–Crippen MR) is 119 cm³/mol. The molecule has 0 radical (unpaired) electrons. The van der Waals surface area contributed by atoms with Gasteiger partial charge in [-0.15, -0.1) is 0 Å². The van der Waals surface area contributed by atoms with Crippen molar-refractivity contribution in [2.24, 2.45) is 10.9 Å². The van der Waals surface area contributed by atoms with E-state index in [9.17, 15) is 8.42 Å². The first-order valence-electron chi connectivity index (χ1n) is 10.4. The number of nitrogens with one attached hydrogen (secondary N) is 3. The number of hydrogen-bond donors (Lipinski definition) is 3. The summed E-state index contributed by atoms with van der Waals surface area (Å²) in [7, 11) is -1.92. The minimum atomic E-state index is -3.61. The van der Waals surface area contributed by atoms with E-state index in [0.29, 0.717) is 37.1 Å². The molecule has 0 bridgehead atoms. The average molecular weight is 441 g/mol. The van der Waals surface area contributed by atoms with Crippen LogP contribution in [0.15, 0.2) is 34.2 Å². The SMILES string of the molecule is CN=C(NCCCOCC1CCOC1)NCc1ccccc1S(=O)(=O)NC(C)(C)C. The van der Waals surface area contributed by atoms with E-state index in [2.05, 4.69) is 20.3 Å². The normalized spacial score (nSPS) is 17.9. The van der Waals surface area contributed by atoms with E-state index < -0.39 is 15.6 Å². The predicted octanol–water partition coefficient (Wildman–Crippen LogP) is 1.87. The molecule has 0 aromatic heterocycles. The van der Waals surface area contributed by atoms with Gasteiger partial charge in [0.05, 0.1) is 18.1 Å². The summed E-state index contributed by atoms with van der Waals surface area (Å²) in [5.41, 5.74) is 0.128. The van der Waals surface area contributed by atoms with Crippen molar-refractivity contribution in [3.05, 3.63) is 29.8 Å². The second-order valence-corrected chi connectivity index (χ2v) is 10.1. The molecule has 2 rings (SSSR count). The number of guanidine groups is 1. The Morgan fingerprint density at radius 2 is 2.03 bits per heavy atom. The largest absolute Gasteiger partial charge is 0.381 e. The Morgan fingerprint density at radius 3 is 2.70 bits per heavy atom. The number of aliphatic imine (C=N–C) groups is 1. The van der Waals surface area contributed by atoms with Crippen LogP contribution < -0.4 is 15.4 Å². The molecule has 30 heavy (non-hydrogen) atoms. The summed E-state index contributed by atoms with van der Waals surface area (Å²) in [6, 6.07) is 6.98. The van der Waals surface area contributed by atoms with Crippen LogP contribution in [0, 0.1) is 5.92 Å². The fourth-order valence-corrected chi connectivity index (χ4v) is 4.77. The van der Waals surface area contributed by atoms with Crippen molar-refractivity contribution in [1.29, 1.82) is 0 Å². The van der Waals surface area contributed by atoms with Gasteiger partial charge in [0.15, 0.2) is 5.96 Å². The first kappa shape index (κ1) is 24.6. The molecule has 1 atom stereocenters. The highest BCUT2D eigenvalue weighted by atomic mass is 32.2. The van der Waals surface area contributed by atoms with E-state index >= 15 is 0 Å². The Kier molecular flexibility index (Phi) is 9.54. The van der Waals surface area contributed by atoms with Crippen molar-refractivity contribution >= 4 is 16.0 Å². The van der Waals surface area contributed by atoms with Gasteiger partial charge >= 0.3 is 0 Å². The maximum absolute atomic E-state index is 12.7. The van der Waals surface area contributed by atoms with E-state index in [0.717, 1.165) is 32.7 Å². The number of ether oxygens (including phenoxy) is 2. The molecule has 8 nitrogen and oxygen atoms in total. The van der Waals surface area contributed by atoms with Crippen LogP contribution in [0.3, 0.4) is 0 Å². The summed E-state index contributed by atoms with van der Waals surface area (Å²) in [4.78, 5) is 4.48. The highest BCUT2D eigenvalue weighted by Crippen LogP contribution is 2.17. The van der Waals surface area contributed by atoms with Crippen molar-refractivity contribution in [1.82, 2.24) is 15.4 Å². The molecule has 0 amide bonds. The highest BCUT2D eigenvalue weighted by Gasteiger charge is 2.24. The van der Waals surface area contributed by atoms with Gasteiger partial charge in [-0.1, -0.05) is 18.2 Å². The Labute approximate surface area is 180 Å². The van der Waals surface area contributed by atoms with Gasteiger partial charge in [0, 0.05) is 44.8 Å². The maximum Gasteiger partial charge on any atom is 0.241 e. The maximum atomic E-state index is 12.7. The van der Waals surface area contributed by atoms with Gasteiger partial charge in [-0.2, -0.15) is 0 Å². The zero-order valence-electron chi connectivity index (χ0n) is 18.5. The van der Waals surface area contributed by atoms with E-state index in [-0.39, 0.29) is 4.90 Å². The van der Waals surface area contributed by atoms with Crippen LogP contribution in [0.1, 0.15) is 39.2 Å². The molecule has 3 N–H and O–H groups in total. The summed E-state index contributed by atoms with van der Waals surface area (Å²) < 4.78 is 39.2. The van der Waals surface area contributed by atoms with Crippen molar-refractivity contribution in [2.45, 2.75) is 50.6 Å². The smallest absolute Gasteiger partial charge is 0.241 e. The summed E-state index contributed by atoms with van der Waals surface area (Å²) in [5.74, 6) is 1.15. The minimum absolute atomic E-state index is 0.271. The second-order valence-electron chi connectivity index (χ2n) is 8.47. The van der Waals surface area contributed by atoms with Gasteiger partial charge in [0.25, 0.3) is 0 Å². The summed E-state index contributed by atoms with van der Waals surface area (Å²) in [6.07, 6.45) is 1.94. The van der Waals surface area contributed by atoms with Crippen molar-refractivity contribution in [3.8, 4) is 0 Å². The van der Waals surface area contributed by atoms with Crippen LogP contribution in [-0.2, 0) is 26.0 Å². The van der Waals surface area contributed by atoms with Crippen molar-refractivity contribution in [3.63, 3.8) is 0 Å². The Morgan fingerprint density at radius 1 is 1.27 bits per heavy atom. The molecule has 0 spiro atoms. The molecule has 0 aliphatic carbocycles. The first-order chi connectivity index (χ1) is 14.2. The fraction of sp³-hybridized carbons (Fsp3) is 0.667. The van der Waals surface area contributed by atoms with E-state index in [1.165, 1.54) is 0 Å². The van der Waals surface area contributed by atoms with Crippen LogP contribution in [0.2, 0.25) is 0 Å². The summed E-state index contributed by atoms with van der Waals surface area (Å²) in [5, 5.41) is 6.42. The summed E-state index contributed by atoms with van der Waals surface area (Å²) in [6.45, 7) is 9.60. The van der Waals surface area contributed by atoms with Gasteiger partial charge in [0.2, 0.25) is 10.0 Å². The number of benzene rings is 1. The van der Waals surface area contributed by atoms with Crippen molar-refractivity contribution < 1.29 is 17.9 Å². The van der Waals surface area contributed by atoms with Gasteiger partial charge in [-0.25, -0.2) is 13.1 Å². The summed E-state index contributed by atoms with van der Waals surface area (Å²) >= 11 is 0. The van der Waals surface area contributed by atoms with Gasteiger partial charge in [-0.05, 0) is 45.2 Å².